The Balaban J connectivity index is 1.45. The van der Waals surface area contributed by atoms with Crippen molar-refractivity contribution >= 4 is 11.1 Å². The Morgan fingerprint density at radius 2 is 1.81 bits per heavy atom. The van der Waals surface area contributed by atoms with E-state index in [1.54, 1.807) is 24.3 Å². The van der Waals surface area contributed by atoms with E-state index in [-0.39, 0.29) is 29.1 Å². The van der Waals surface area contributed by atoms with Crippen molar-refractivity contribution in [1.82, 2.24) is 24.7 Å². The van der Waals surface area contributed by atoms with Crippen LogP contribution in [0.15, 0.2) is 68.6 Å². The molecule has 5 aromatic rings. The number of hydrogen-bond acceptors (Lipinski definition) is 7. The van der Waals surface area contributed by atoms with Gasteiger partial charge in [-0.3, -0.25) is 14.5 Å². The first-order valence-corrected chi connectivity index (χ1v) is 9.30. The molecule has 8 nitrogen and oxygen atoms in total. The maximum Gasteiger partial charge on any atom is 0.420 e. The molecule has 5 rings (SSSR count). The fourth-order valence-electron chi connectivity index (χ4n) is 3.23. The topological polar surface area (TPSA) is 99.8 Å². The molecule has 4 heterocycles. The Bertz CT molecular complexity index is 1460. The highest BCUT2D eigenvalue weighted by Crippen LogP contribution is 2.28. The highest BCUT2D eigenvalue weighted by Gasteiger charge is 2.18. The average Bonchev–Trinajstić information content (AvgIpc) is 3.40. The molecule has 0 bridgehead atoms. The highest BCUT2D eigenvalue weighted by atomic mass is 19.3. The summed E-state index contributed by atoms with van der Waals surface area (Å²) in [6, 6.07) is 9.10. The number of alkyl halides is 2. The van der Waals surface area contributed by atoms with Crippen molar-refractivity contribution < 1.29 is 22.0 Å². The molecule has 32 heavy (non-hydrogen) atoms. The third-order valence-corrected chi connectivity index (χ3v) is 4.77. The highest BCUT2D eigenvalue weighted by molar-refractivity contribution is 5.81. The van der Waals surface area contributed by atoms with Crippen molar-refractivity contribution in [2.24, 2.45) is 0 Å². The van der Waals surface area contributed by atoms with Crippen LogP contribution in [0.1, 0.15) is 18.0 Å². The first kappa shape index (κ1) is 19.7. The average molecular weight is 439 g/mol. The molecule has 1 aromatic carbocycles. The molecule has 0 radical (unpaired) electrons. The van der Waals surface area contributed by atoms with Gasteiger partial charge in [-0.15, -0.1) is 10.2 Å². The number of aromatic nitrogens is 5. The van der Waals surface area contributed by atoms with Gasteiger partial charge in [0.1, 0.15) is 5.82 Å². The van der Waals surface area contributed by atoms with Crippen LogP contribution in [-0.4, -0.2) is 24.7 Å². The van der Waals surface area contributed by atoms with E-state index in [9.17, 15) is 18.0 Å². The van der Waals surface area contributed by atoms with Crippen LogP contribution in [-0.2, 0) is 6.54 Å². The zero-order valence-corrected chi connectivity index (χ0v) is 16.1. The summed E-state index contributed by atoms with van der Waals surface area (Å²) in [7, 11) is 0. The van der Waals surface area contributed by atoms with Gasteiger partial charge in [0, 0.05) is 30.2 Å². The molecule has 0 saturated heterocycles. The summed E-state index contributed by atoms with van der Waals surface area (Å²) in [6.07, 6.45) is 1.56. The first-order chi connectivity index (χ1) is 15.5. The summed E-state index contributed by atoms with van der Waals surface area (Å²) < 4.78 is 51.4. The van der Waals surface area contributed by atoms with Crippen LogP contribution in [0.5, 0.6) is 0 Å². The third-order valence-electron chi connectivity index (χ3n) is 4.77. The number of nitrogens with zero attached hydrogens (tertiary/aromatic N) is 5. The van der Waals surface area contributed by atoms with Crippen molar-refractivity contribution in [2.45, 2.75) is 13.0 Å². The van der Waals surface area contributed by atoms with E-state index in [4.69, 9.17) is 8.83 Å². The molecule has 0 N–H and O–H groups in total. The maximum atomic E-state index is 14.8. The molecule has 0 fully saturated rings. The standard InChI is InChI=1S/C21H12F3N5O3/c22-15-8-16-17(7-14(15)11-3-5-25-6-4-11)31-21(30)29(16)10-13-2-1-12(9-26-13)19-27-28-20(32-19)18(23)24/h1-9,18H,10H2. The number of hydrogen-bond donors (Lipinski definition) is 0. The Morgan fingerprint density at radius 3 is 2.50 bits per heavy atom. The van der Waals surface area contributed by atoms with Crippen LogP contribution in [0.4, 0.5) is 13.2 Å². The quantitative estimate of drug-likeness (QED) is 0.404. The lowest BCUT2D eigenvalue weighted by atomic mass is 10.1. The van der Waals surface area contributed by atoms with Crippen molar-refractivity contribution in [3.63, 3.8) is 0 Å². The molecular formula is C21H12F3N5O3. The molecular weight excluding hydrogens is 427 g/mol. The second-order valence-electron chi connectivity index (χ2n) is 6.77. The van der Waals surface area contributed by atoms with Gasteiger partial charge in [-0.1, -0.05) is 0 Å². The number of benzene rings is 1. The van der Waals surface area contributed by atoms with E-state index in [1.165, 1.54) is 35.3 Å². The summed E-state index contributed by atoms with van der Waals surface area (Å²) in [4.78, 5) is 20.5. The van der Waals surface area contributed by atoms with E-state index in [0.29, 0.717) is 16.8 Å². The molecule has 0 aliphatic rings. The number of pyridine rings is 2. The van der Waals surface area contributed by atoms with Crippen LogP contribution < -0.4 is 5.76 Å². The number of rotatable bonds is 5. The van der Waals surface area contributed by atoms with Crippen LogP contribution in [0.3, 0.4) is 0 Å². The van der Waals surface area contributed by atoms with Gasteiger partial charge < -0.3 is 8.83 Å². The van der Waals surface area contributed by atoms with Crippen LogP contribution in [0.25, 0.3) is 33.7 Å². The SMILES string of the molecule is O=c1oc2cc(-c3ccncc3)c(F)cc2n1Cc1ccc(-c2nnc(C(F)F)o2)cn1. The molecule has 0 unspecified atom stereocenters. The summed E-state index contributed by atoms with van der Waals surface area (Å²) in [5.41, 5.74) is 2.17. The van der Waals surface area contributed by atoms with Gasteiger partial charge in [0.05, 0.1) is 23.3 Å². The number of halogens is 3. The molecule has 0 atom stereocenters. The Hall–Kier alpha value is -4.28. The third kappa shape index (κ3) is 3.53. The second-order valence-corrected chi connectivity index (χ2v) is 6.77. The molecule has 4 aromatic heterocycles. The fraction of sp³-hybridized carbons (Fsp3) is 0.0952. The van der Waals surface area contributed by atoms with Crippen LogP contribution in [0, 0.1) is 5.82 Å². The zero-order valence-electron chi connectivity index (χ0n) is 16.1. The normalized spacial score (nSPS) is 11.5. The van der Waals surface area contributed by atoms with E-state index in [1.807, 2.05) is 0 Å². The lowest BCUT2D eigenvalue weighted by molar-refractivity contribution is 0.116. The van der Waals surface area contributed by atoms with E-state index in [0.717, 1.165) is 0 Å². The minimum absolute atomic E-state index is 0.00622. The van der Waals surface area contributed by atoms with Gasteiger partial charge in [-0.2, -0.15) is 8.78 Å². The molecule has 0 spiro atoms. The summed E-state index contributed by atoms with van der Waals surface area (Å²) in [5.74, 6) is -2.08. The second kappa shape index (κ2) is 7.76. The Labute approximate surface area is 177 Å². The van der Waals surface area contributed by atoms with E-state index < -0.39 is 23.9 Å². The molecule has 0 amide bonds. The maximum absolute atomic E-state index is 14.8. The summed E-state index contributed by atoms with van der Waals surface area (Å²) >= 11 is 0. The lowest BCUT2D eigenvalue weighted by Crippen LogP contribution is -2.15. The van der Waals surface area contributed by atoms with Gasteiger partial charge in [0.15, 0.2) is 5.58 Å². The minimum atomic E-state index is -2.87. The molecule has 0 saturated carbocycles. The lowest BCUT2D eigenvalue weighted by Gasteiger charge is -2.05. The van der Waals surface area contributed by atoms with E-state index >= 15 is 0 Å². The van der Waals surface area contributed by atoms with Crippen molar-refractivity contribution in [1.29, 1.82) is 0 Å². The summed E-state index contributed by atoms with van der Waals surface area (Å²) in [5, 5.41) is 6.83. The summed E-state index contributed by atoms with van der Waals surface area (Å²) in [6.45, 7) is 0.00622. The van der Waals surface area contributed by atoms with Crippen molar-refractivity contribution in [3.8, 4) is 22.6 Å². The van der Waals surface area contributed by atoms with Gasteiger partial charge in [0.25, 0.3) is 5.89 Å². The van der Waals surface area contributed by atoms with Gasteiger partial charge in [-0.25, -0.2) is 9.18 Å². The van der Waals surface area contributed by atoms with Gasteiger partial charge in [-0.05, 0) is 35.9 Å². The van der Waals surface area contributed by atoms with Crippen LogP contribution >= 0.6 is 0 Å². The molecule has 160 valence electrons. The number of fused-ring (bicyclic) bond motifs is 1. The largest absolute Gasteiger partial charge is 0.420 e. The van der Waals surface area contributed by atoms with Crippen molar-refractivity contribution in [3.05, 3.63) is 82.9 Å². The minimum Gasteiger partial charge on any atom is -0.415 e. The molecule has 11 heteroatoms. The number of oxazole rings is 1. The van der Waals surface area contributed by atoms with Crippen molar-refractivity contribution in [2.75, 3.05) is 0 Å². The first-order valence-electron chi connectivity index (χ1n) is 9.30. The Morgan fingerprint density at radius 1 is 1.00 bits per heavy atom. The van der Waals surface area contributed by atoms with Crippen LogP contribution in [0.2, 0.25) is 0 Å². The monoisotopic (exact) mass is 439 g/mol. The van der Waals surface area contributed by atoms with Gasteiger partial charge in [0.2, 0.25) is 5.89 Å². The smallest absolute Gasteiger partial charge is 0.415 e. The zero-order chi connectivity index (χ0) is 22.2. The predicted molar refractivity (Wildman–Crippen MR) is 105 cm³/mol. The Kier molecular flexibility index (Phi) is 4.77. The molecule has 0 aliphatic carbocycles. The van der Waals surface area contributed by atoms with Gasteiger partial charge >= 0.3 is 12.2 Å². The predicted octanol–water partition coefficient (Wildman–Crippen LogP) is 4.23. The fourth-order valence-corrected chi connectivity index (χ4v) is 3.23. The molecule has 0 aliphatic heterocycles. The van der Waals surface area contributed by atoms with E-state index in [2.05, 4.69) is 20.2 Å².